The van der Waals surface area contributed by atoms with Crippen molar-refractivity contribution in [2.24, 2.45) is 0 Å². The van der Waals surface area contributed by atoms with E-state index in [4.69, 9.17) is 20.1 Å². The second-order valence-corrected chi connectivity index (χ2v) is 3.14. The van der Waals surface area contributed by atoms with Crippen LogP contribution < -0.4 is 0 Å². The van der Waals surface area contributed by atoms with E-state index in [9.17, 15) is 0 Å². The lowest BCUT2D eigenvalue weighted by molar-refractivity contribution is -0.159. The molecule has 0 aromatic heterocycles. The van der Waals surface area contributed by atoms with Gasteiger partial charge in [0.15, 0.2) is 0 Å². The topological polar surface area (TPSA) is 69.9 Å². The lowest BCUT2D eigenvalue weighted by Gasteiger charge is -2.31. The van der Waals surface area contributed by atoms with E-state index in [1.807, 2.05) is 0 Å². The molecule has 4 nitrogen and oxygen atoms in total. The van der Waals surface area contributed by atoms with Gasteiger partial charge >= 0.3 is 0 Å². The van der Waals surface area contributed by atoms with Crippen molar-refractivity contribution < 1.29 is 20.1 Å². The van der Waals surface area contributed by atoms with Crippen LogP contribution in [0.5, 0.6) is 0 Å². The summed E-state index contributed by atoms with van der Waals surface area (Å²) in [6.07, 6.45) is -3.15. The van der Waals surface area contributed by atoms with Crippen molar-refractivity contribution in [2.75, 3.05) is 6.61 Å². The van der Waals surface area contributed by atoms with E-state index >= 15 is 0 Å². The van der Waals surface area contributed by atoms with E-state index in [0.29, 0.717) is 0 Å². The minimum absolute atomic E-state index is 0.0497. The number of rotatable bonds is 0. The summed E-state index contributed by atoms with van der Waals surface area (Å²) in [6, 6.07) is 0. The van der Waals surface area contributed by atoms with E-state index in [1.54, 1.807) is 0 Å². The molecule has 60 valence electrons. The molecule has 1 heterocycles. The number of alkyl halides is 1. The summed E-state index contributed by atoms with van der Waals surface area (Å²) in [5.41, 5.74) is 0. The van der Waals surface area contributed by atoms with Gasteiger partial charge < -0.3 is 20.1 Å². The van der Waals surface area contributed by atoms with Gasteiger partial charge in [0.25, 0.3) is 0 Å². The fraction of sp³-hybridized carbons (Fsp3) is 1.00. The molecule has 0 aliphatic carbocycles. The lowest BCUT2D eigenvalue weighted by Crippen LogP contribution is -2.50. The van der Waals surface area contributed by atoms with Gasteiger partial charge in [0, 0.05) is 0 Å². The first-order chi connectivity index (χ1) is 4.63. The summed E-state index contributed by atoms with van der Waals surface area (Å²) in [7, 11) is 0. The van der Waals surface area contributed by atoms with Crippen LogP contribution in [0.2, 0.25) is 0 Å². The highest BCUT2D eigenvalue weighted by Gasteiger charge is 2.35. The third kappa shape index (κ3) is 1.49. The monoisotopic (exact) mass is 212 g/mol. The Kier molecular flexibility index (Phi) is 2.65. The molecular formula is C5H9BrO4. The second-order valence-electron chi connectivity index (χ2n) is 2.23. The Hall–Kier alpha value is 0.320. The van der Waals surface area contributed by atoms with Gasteiger partial charge in [-0.05, 0) is 0 Å². The zero-order valence-corrected chi connectivity index (χ0v) is 6.73. The highest BCUT2D eigenvalue weighted by molar-refractivity contribution is 9.09. The minimum Gasteiger partial charge on any atom is -0.388 e. The molecule has 0 saturated carbocycles. The van der Waals surface area contributed by atoms with Crippen molar-refractivity contribution in [1.82, 2.24) is 0 Å². The third-order valence-corrected chi connectivity index (χ3v) is 2.24. The number of ether oxygens (including phenoxy) is 1. The summed E-state index contributed by atoms with van der Waals surface area (Å²) in [4.78, 5) is 0. The standard InChI is InChI=1S/C5H9BrO4/c6-5-4(9)3(8)2(7)1-10-5/h2-5,7-9H,1H2/t2-,3-,4+,5-/m0/s1. The average Bonchev–Trinajstić information content (AvgIpc) is 1.93. The van der Waals surface area contributed by atoms with Gasteiger partial charge in [0.05, 0.1) is 6.61 Å². The maximum atomic E-state index is 9.03. The summed E-state index contributed by atoms with van der Waals surface area (Å²) in [6.45, 7) is 0.0497. The third-order valence-electron chi connectivity index (χ3n) is 1.44. The summed E-state index contributed by atoms with van der Waals surface area (Å²) in [5, 5.41) is 26.4. The highest BCUT2D eigenvalue weighted by Crippen LogP contribution is 2.19. The van der Waals surface area contributed by atoms with Gasteiger partial charge in [-0.1, -0.05) is 15.9 Å². The Morgan fingerprint density at radius 2 is 1.80 bits per heavy atom. The van der Waals surface area contributed by atoms with Crippen LogP contribution in [0, 0.1) is 0 Å². The number of halogens is 1. The van der Waals surface area contributed by atoms with Crippen LogP contribution in [0.4, 0.5) is 0 Å². The molecular weight excluding hydrogens is 204 g/mol. The lowest BCUT2D eigenvalue weighted by atomic mass is 10.1. The van der Waals surface area contributed by atoms with E-state index in [-0.39, 0.29) is 6.61 Å². The first kappa shape index (κ1) is 8.42. The van der Waals surface area contributed by atoms with Gasteiger partial charge in [-0.25, -0.2) is 0 Å². The SMILES string of the molecule is O[C@@H]1[C@@H](O)[C@@H](Br)OC[C@@H]1O. The van der Waals surface area contributed by atoms with Crippen LogP contribution in [0.3, 0.4) is 0 Å². The van der Waals surface area contributed by atoms with Crippen molar-refractivity contribution in [3.05, 3.63) is 0 Å². The largest absolute Gasteiger partial charge is 0.388 e. The molecule has 0 spiro atoms. The van der Waals surface area contributed by atoms with E-state index in [2.05, 4.69) is 15.9 Å². The fourth-order valence-electron chi connectivity index (χ4n) is 0.770. The first-order valence-electron chi connectivity index (χ1n) is 2.93. The van der Waals surface area contributed by atoms with Gasteiger partial charge in [-0.2, -0.15) is 0 Å². The molecule has 10 heavy (non-hydrogen) atoms. The molecule has 0 unspecified atom stereocenters. The van der Waals surface area contributed by atoms with E-state index < -0.39 is 23.3 Å². The first-order valence-corrected chi connectivity index (χ1v) is 3.84. The Labute approximate surface area is 66.6 Å². The van der Waals surface area contributed by atoms with Crippen LogP contribution in [-0.2, 0) is 4.74 Å². The molecule has 1 rings (SSSR count). The Morgan fingerprint density at radius 1 is 1.20 bits per heavy atom. The average molecular weight is 213 g/mol. The maximum absolute atomic E-state index is 9.03. The number of aliphatic hydroxyl groups excluding tert-OH is 3. The van der Waals surface area contributed by atoms with E-state index in [0.717, 1.165) is 0 Å². The predicted molar refractivity (Wildman–Crippen MR) is 36.7 cm³/mol. The Balaban J connectivity index is 2.52. The molecule has 3 N–H and O–H groups in total. The van der Waals surface area contributed by atoms with Gasteiger partial charge in [-0.15, -0.1) is 0 Å². The molecule has 0 aromatic rings. The Bertz CT molecular complexity index is 106. The molecule has 4 atom stereocenters. The van der Waals surface area contributed by atoms with Crippen molar-refractivity contribution in [3.8, 4) is 0 Å². The fourth-order valence-corrected chi connectivity index (χ4v) is 1.24. The van der Waals surface area contributed by atoms with Crippen molar-refractivity contribution in [1.29, 1.82) is 0 Å². The highest BCUT2D eigenvalue weighted by atomic mass is 79.9. The molecule has 0 amide bonds. The number of hydrogen-bond donors (Lipinski definition) is 3. The van der Waals surface area contributed by atoms with Crippen molar-refractivity contribution in [3.63, 3.8) is 0 Å². The molecule has 1 saturated heterocycles. The van der Waals surface area contributed by atoms with Crippen LogP contribution in [0.15, 0.2) is 0 Å². The molecule has 1 aliphatic heterocycles. The van der Waals surface area contributed by atoms with Gasteiger partial charge in [0.2, 0.25) is 0 Å². The number of hydrogen-bond acceptors (Lipinski definition) is 4. The van der Waals surface area contributed by atoms with Crippen LogP contribution >= 0.6 is 15.9 Å². The molecule has 1 aliphatic rings. The summed E-state index contributed by atoms with van der Waals surface area (Å²) >= 11 is 2.98. The second kappa shape index (κ2) is 3.15. The van der Waals surface area contributed by atoms with Gasteiger partial charge in [0.1, 0.15) is 23.3 Å². The molecule has 0 radical (unpaired) electrons. The van der Waals surface area contributed by atoms with Gasteiger partial charge in [-0.3, -0.25) is 0 Å². The normalized spacial score (nSPS) is 49.2. The minimum atomic E-state index is -1.11. The summed E-state index contributed by atoms with van der Waals surface area (Å²) in [5.74, 6) is 0. The van der Waals surface area contributed by atoms with Crippen molar-refractivity contribution in [2.45, 2.75) is 23.3 Å². The van der Waals surface area contributed by atoms with Crippen LogP contribution in [0.1, 0.15) is 0 Å². The zero-order valence-electron chi connectivity index (χ0n) is 5.14. The number of aliphatic hydroxyl groups is 3. The predicted octanol–water partition coefficient (Wildman–Crippen LogP) is -1.18. The van der Waals surface area contributed by atoms with Crippen LogP contribution in [0.25, 0.3) is 0 Å². The smallest absolute Gasteiger partial charge is 0.141 e. The van der Waals surface area contributed by atoms with Crippen molar-refractivity contribution >= 4 is 15.9 Å². The Morgan fingerprint density at radius 3 is 2.30 bits per heavy atom. The molecule has 0 bridgehead atoms. The van der Waals surface area contributed by atoms with Crippen LogP contribution in [-0.4, -0.2) is 45.3 Å². The maximum Gasteiger partial charge on any atom is 0.141 e. The van der Waals surface area contributed by atoms with E-state index in [1.165, 1.54) is 0 Å². The zero-order chi connectivity index (χ0) is 7.72. The summed E-state index contributed by atoms with van der Waals surface area (Å²) < 4.78 is 4.83. The molecule has 0 aromatic carbocycles. The molecule has 5 heteroatoms. The molecule has 1 fully saturated rings. The quantitative estimate of drug-likeness (QED) is 0.443.